The lowest BCUT2D eigenvalue weighted by molar-refractivity contribution is -0.137. The minimum absolute atomic E-state index is 0.113. The van der Waals surface area contributed by atoms with Crippen LogP contribution in [0.1, 0.15) is 5.56 Å². The Morgan fingerprint density at radius 1 is 1.09 bits per heavy atom. The maximum atomic E-state index is 12.5. The molecule has 1 N–H and O–H groups in total. The molecule has 0 amide bonds. The maximum Gasteiger partial charge on any atom is 0.416 e. The van der Waals surface area contributed by atoms with E-state index in [9.17, 15) is 21.6 Å². The second-order valence-corrected chi connectivity index (χ2v) is 7.63. The predicted molar refractivity (Wildman–Crippen MR) is 78.4 cm³/mol. The van der Waals surface area contributed by atoms with Crippen molar-refractivity contribution in [3.05, 3.63) is 29.8 Å². The van der Waals surface area contributed by atoms with E-state index in [0.29, 0.717) is 0 Å². The van der Waals surface area contributed by atoms with Gasteiger partial charge in [-0.3, -0.25) is 9.80 Å². The molecule has 0 spiro atoms. The molecule has 9 heteroatoms. The van der Waals surface area contributed by atoms with Crippen LogP contribution in [0.2, 0.25) is 0 Å². The van der Waals surface area contributed by atoms with E-state index in [-0.39, 0.29) is 17.5 Å². The zero-order chi connectivity index (χ0) is 16.7. The second kappa shape index (κ2) is 6.04. The first-order chi connectivity index (χ1) is 10.8. The van der Waals surface area contributed by atoms with Gasteiger partial charge in [-0.25, -0.2) is 13.1 Å². The van der Waals surface area contributed by atoms with Gasteiger partial charge in [0.25, 0.3) is 0 Å². The SMILES string of the molecule is O=S(=O)(NCC1CN2CCN1CC2)c1ccc(C(F)(F)F)cc1. The summed E-state index contributed by atoms with van der Waals surface area (Å²) in [7, 11) is -3.80. The van der Waals surface area contributed by atoms with Gasteiger partial charge in [-0.15, -0.1) is 0 Å². The molecule has 3 fully saturated rings. The van der Waals surface area contributed by atoms with Gasteiger partial charge in [-0.2, -0.15) is 13.2 Å². The average molecular weight is 349 g/mol. The molecule has 1 aromatic carbocycles. The van der Waals surface area contributed by atoms with Gasteiger partial charge in [0.1, 0.15) is 0 Å². The van der Waals surface area contributed by atoms with Crippen LogP contribution in [-0.2, 0) is 16.2 Å². The molecule has 23 heavy (non-hydrogen) atoms. The number of nitrogens with one attached hydrogen (secondary N) is 1. The number of fused-ring (bicyclic) bond motifs is 3. The van der Waals surface area contributed by atoms with E-state index in [4.69, 9.17) is 0 Å². The predicted octanol–water partition coefficient (Wildman–Crippen LogP) is 0.984. The van der Waals surface area contributed by atoms with Crippen molar-refractivity contribution in [1.29, 1.82) is 0 Å². The summed E-state index contributed by atoms with van der Waals surface area (Å²) >= 11 is 0. The smallest absolute Gasteiger partial charge is 0.299 e. The minimum Gasteiger partial charge on any atom is -0.299 e. The van der Waals surface area contributed by atoms with E-state index in [1.807, 2.05) is 0 Å². The van der Waals surface area contributed by atoms with Gasteiger partial charge in [0.2, 0.25) is 10.0 Å². The summed E-state index contributed by atoms with van der Waals surface area (Å²) in [4.78, 5) is 4.38. The van der Waals surface area contributed by atoms with Crippen molar-refractivity contribution in [3.63, 3.8) is 0 Å². The summed E-state index contributed by atoms with van der Waals surface area (Å²) in [6.45, 7) is 4.93. The van der Waals surface area contributed by atoms with Crippen molar-refractivity contribution >= 4 is 10.0 Å². The second-order valence-electron chi connectivity index (χ2n) is 5.86. The number of alkyl halides is 3. The third kappa shape index (κ3) is 3.68. The quantitative estimate of drug-likeness (QED) is 0.881. The number of piperazine rings is 3. The lowest BCUT2D eigenvalue weighted by atomic mass is 10.1. The monoisotopic (exact) mass is 349 g/mol. The van der Waals surface area contributed by atoms with Crippen molar-refractivity contribution in [2.75, 3.05) is 39.3 Å². The van der Waals surface area contributed by atoms with Crippen molar-refractivity contribution < 1.29 is 21.6 Å². The van der Waals surface area contributed by atoms with Crippen LogP contribution in [0.5, 0.6) is 0 Å². The van der Waals surface area contributed by atoms with Crippen LogP contribution in [0.15, 0.2) is 29.2 Å². The highest BCUT2D eigenvalue weighted by Gasteiger charge is 2.33. The molecule has 4 rings (SSSR count). The summed E-state index contributed by atoms with van der Waals surface area (Å²) in [6, 6.07) is 3.66. The Bertz CT molecular complexity index is 653. The Labute approximate surface area is 133 Å². The Morgan fingerprint density at radius 2 is 1.70 bits per heavy atom. The molecule has 3 aliphatic rings. The molecule has 2 bridgehead atoms. The number of halogens is 3. The molecule has 1 unspecified atom stereocenters. The van der Waals surface area contributed by atoms with E-state index in [2.05, 4.69) is 14.5 Å². The van der Waals surface area contributed by atoms with Crippen LogP contribution in [0.3, 0.4) is 0 Å². The van der Waals surface area contributed by atoms with Crippen LogP contribution in [0.25, 0.3) is 0 Å². The molecule has 5 nitrogen and oxygen atoms in total. The maximum absolute atomic E-state index is 12.5. The highest BCUT2D eigenvalue weighted by molar-refractivity contribution is 7.89. The Balaban J connectivity index is 1.65. The number of benzene rings is 1. The minimum atomic E-state index is -4.47. The van der Waals surface area contributed by atoms with Gasteiger partial charge in [0.05, 0.1) is 10.5 Å². The third-order valence-electron chi connectivity index (χ3n) is 4.39. The van der Waals surface area contributed by atoms with Crippen LogP contribution < -0.4 is 4.72 Å². The third-order valence-corrected chi connectivity index (χ3v) is 5.83. The summed E-state index contributed by atoms with van der Waals surface area (Å²) < 4.78 is 64.5. The van der Waals surface area contributed by atoms with E-state index in [0.717, 1.165) is 57.0 Å². The van der Waals surface area contributed by atoms with Gasteiger partial charge in [0, 0.05) is 45.3 Å². The number of nitrogens with zero attached hydrogens (tertiary/aromatic N) is 2. The zero-order valence-corrected chi connectivity index (χ0v) is 13.2. The largest absolute Gasteiger partial charge is 0.416 e. The van der Waals surface area contributed by atoms with Gasteiger partial charge in [0.15, 0.2) is 0 Å². The van der Waals surface area contributed by atoms with Crippen molar-refractivity contribution in [1.82, 2.24) is 14.5 Å². The molecular weight excluding hydrogens is 331 g/mol. The molecule has 3 saturated heterocycles. The molecule has 1 aromatic rings. The molecule has 1 atom stereocenters. The van der Waals surface area contributed by atoms with Gasteiger partial charge in [-0.1, -0.05) is 0 Å². The van der Waals surface area contributed by atoms with Crippen LogP contribution in [0.4, 0.5) is 13.2 Å². The number of rotatable bonds is 4. The van der Waals surface area contributed by atoms with Crippen molar-refractivity contribution in [3.8, 4) is 0 Å². The van der Waals surface area contributed by atoms with Gasteiger partial charge >= 0.3 is 6.18 Å². The molecule has 0 radical (unpaired) electrons. The first kappa shape index (κ1) is 16.7. The molecule has 0 saturated carbocycles. The van der Waals surface area contributed by atoms with E-state index >= 15 is 0 Å². The Morgan fingerprint density at radius 3 is 2.17 bits per heavy atom. The molecule has 0 aromatic heterocycles. The number of hydrogen-bond acceptors (Lipinski definition) is 4. The Hall–Kier alpha value is -1.16. The average Bonchev–Trinajstić information content (AvgIpc) is 2.53. The molecule has 3 aliphatic heterocycles. The van der Waals surface area contributed by atoms with Crippen LogP contribution in [-0.4, -0.2) is 63.5 Å². The molecule has 128 valence electrons. The van der Waals surface area contributed by atoms with Gasteiger partial charge in [-0.05, 0) is 24.3 Å². The zero-order valence-electron chi connectivity index (χ0n) is 12.4. The summed E-state index contributed by atoms with van der Waals surface area (Å²) in [5.74, 6) is 0. The van der Waals surface area contributed by atoms with Crippen LogP contribution >= 0.6 is 0 Å². The highest BCUT2D eigenvalue weighted by atomic mass is 32.2. The first-order valence-electron chi connectivity index (χ1n) is 7.39. The number of hydrogen-bond donors (Lipinski definition) is 1. The fourth-order valence-electron chi connectivity index (χ4n) is 3.03. The van der Waals surface area contributed by atoms with Crippen molar-refractivity contribution in [2.45, 2.75) is 17.1 Å². The normalized spacial score (nSPS) is 28.0. The molecular formula is C14H18F3N3O2S. The van der Waals surface area contributed by atoms with E-state index in [1.54, 1.807) is 0 Å². The summed E-state index contributed by atoms with van der Waals surface area (Å²) in [5.41, 5.74) is -0.861. The van der Waals surface area contributed by atoms with E-state index < -0.39 is 21.8 Å². The van der Waals surface area contributed by atoms with Crippen LogP contribution in [0, 0.1) is 0 Å². The van der Waals surface area contributed by atoms with Crippen molar-refractivity contribution in [2.24, 2.45) is 0 Å². The Kier molecular flexibility index (Phi) is 4.39. The topological polar surface area (TPSA) is 52.7 Å². The fraction of sp³-hybridized carbons (Fsp3) is 0.571. The highest BCUT2D eigenvalue weighted by Crippen LogP contribution is 2.29. The standard InChI is InChI=1S/C14H18F3N3O2S/c15-14(16,17)11-1-3-13(4-2-11)23(21,22)18-9-12-10-19-5-7-20(12)8-6-19/h1-4,12,18H,5-10H2. The van der Waals surface area contributed by atoms with Gasteiger partial charge < -0.3 is 0 Å². The molecule has 0 aliphatic carbocycles. The molecule has 3 heterocycles. The lowest BCUT2D eigenvalue weighted by Crippen LogP contribution is -2.63. The fourth-order valence-corrected chi connectivity index (χ4v) is 4.10. The summed E-state index contributed by atoms with van der Waals surface area (Å²) in [5, 5.41) is 0. The lowest BCUT2D eigenvalue weighted by Gasteiger charge is -2.47. The summed E-state index contributed by atoms with van der Waals surface area (Å²) in [6.07, 6.45) is -4.47. The van der Waals surface area contributed by atoms with E-state index in [1.165, 1.54) is 0 Å². The number of sulfonamides is 1. The first-order valence-corrected chi connectivity index (χ1v) is 8.87.